The molecule has 0 radical (unpaired) electrons. The van der Waals surface area contributed by atoms with E-state index in [1.807, 2.05) is 22.7 Å². The highest BCUT2D eigenvalue weighted by Gasteiger charge is 2.21. The van der Waals surface area contributed by atoms with Crippen molar-refractivity contribution in [2.24, 2.45) is 0 Å². The maximum Gasteiger partial charge on any atom is 0.228 e. The Morgan fingerprint density at radius 1 is 1.00 bits per heavy atom. The summed E-state index contributed by atoms with van der Waals surface area (Å²) in [6, 6.07) is 14.6. The smallest absolute Gasteiger partial charge is 0.228 e. The molecule has 0 unspecified atom stereocenters. The van der Waals surface area contributed by atoms with Crippen LogP contribution in [0.1, 0.15) is 37.8 Å². The number of thioether (sulfide) groups is 1. The molecule has 166 valence electrons. The van der Waals surface area contributed by atoms with Gasteiger partial charge in [-0.15, -0.1) is 11.8 Å². The van der Waals surface area contributed by atoms with Crippen LogP contribution in [0.3, 0.4) is 0 Å². The lowest BCUT2D eigenvalue weighted by molar-refractivity contribution is -0.118. The number of fused-ring (bicyclic) bond motifs is 1. The summed E-state index contributed by atoms with van der Waals surface area (Å²) in [5.74, 6) is 1.12. The summed E-state index contributed by atoms with van der Waals surface area (Å²) in [5, 5.41) is 0.834. The zero-order valence-electron chi connectivity index (χ0n) is 19.1. The summed E-state index contributed by atoms with van der Waals surface area (Å²) in [5.41, 5.74) is 3.42. The maximum absolute atomic E-state index is 13.3. The Bertz CT molecular complexity index is 944. The van der Waals surface area contributed by atoms with Gasteiger partial charge in [0.05, 0.1) is 10.2 Å². The molecule has 0 aliphatic carbocycles. The molecule has 3 rings (SSSR count). The average Bonchev–Trinajstić information content (AvgIpc) is 3.24. The van der Waals surface area contributed by atoms with E-state index in [1.54, 1.807) is 11.3 Å². The van der Waals surface area contributed by atoms with Gasteiger partial charge >= 0.3 is 0 Å². The summed E-state index contributed by atoms with van der Waals surface area (Å²) < 4.78 is 1.19. The fourth-order valence-electron chi connectivity index (χ4n) is 3.54. The lowest BCUT2D eigenvalue weighted by Crippen LogP contribution is -2.38. The average molecular weight is 456 g/mol. The highest BCUT2D eigenvalue weighted by molar-refractivity contribution is 7.99. The first-order chi connectivity index (χ1) is 15.0. The summed E-state index contributed by atoms with van der Waals surface area (Å²) in [6.07, 6.45) is 1.41. The van der Waals surface area contributed by atoms with Gasteiger partial charge in [-0.05, 0) is 62.4 Å². The summed E-state index contributed by atoms with van der Waals surface area (Å²) in [6.45, 7) is 12.1. The number of anilines is 1. The Kier molecular flexibility index (Phi) is 8.93. The topological polar surface area (TPSA) is 36.4 Å². The second kappa shape index (κ2) is 11.7. The second-order valence-electron chi connectivity index (χ2n) is 7.71. The maximum atomic E-state index is 13.3. The molecule has 2 aromatic carbocycles. The Morgan fingerprint density at radius 3 is 2.39 bits per heavy atom. The van der Waals surface area contributed by atoms with Crippen LogP contribution in [0.25, 0.3) is 10.2 Å². The summed E-state index contributed by atoms with van der Waals surface area (Å²) in [7, 11) is 0. The van der Waals surface area contributed by atoms with E-state index in [1.165, 1.54) is 20.7 Å². The third-order valence-corrected chi connectivity index (χ3v) is 7.86. The van der Waals surface area contributed by atoms with Crippen LogP contribution < -0.4 is 4.90 Å². The van der Waals surface area contributed by atoms with Crippen LogP contribution >= 0.6 is 23.1 Å². The second-order valence-corrected chi connectivity index (χ2v) is 9.86. The highest BCUT2D eigenvalue weighted by Crippen LogP contribution is 2.33. The molecule has 0 bridgehead atoms. The molecule has 1 heterocycles. The molecule has 1 amide bonds. The van der Waals surface area contributed by atoms with E-state index in [0.29, 0.717) is 13.0 Å². The molecule has 0 aliphatic heterocycles. The Hall–Kier alpha value is -1.89. The van der Waals surface area contributed by atoms with Gasteiger partial charge in [-0.3, -0.25) is 9.69 Å². The van der Waals surface area contributed by atoms with Crippen molar-refractivity contribution in [3.63, 3.8) is 0 Å². The van der Waals surface area contributed by atoms with E-state index in [0.717, 1.165) is 42.5 Å². The minimum Gasteiger partial charge on any atom is -0.302 e. The minimum absolute atomic E-state index is 0.176. The Labute approximate surface area is 194 Å². The normalized spacial score (nSPS) is 11.4. The van der Waals surface area contributed by atoms with E-state index in [9.17, 15) is 4.79 Å². The first-order valence-corrected chi connectivity index (χ1v) is 12.9. The molecular weight excluding hydrogens is 422 g/mol. The summed E-state index contributed by atoms with van der Waals surface area (Å²) in [4.78, 5) is 23.7. The monoisotopic (exact) mass is 455 g/mol. The molecule has 6 heteroatoms. The van der Waals surface area contributed by atoms with Gasteiger partial charge in [0.1, 0.15) is 0 Å². The number of carbonyl (C=O) groups excluding carboxylic acids is 1. The van der Waals surface area contributed by atoms with Gasteiger partial charge < -0.3 is 4.90 Å². The van der Waals surface area contributed by atoms with Gasteiger partial charge in [0.15, 0.2) is 5.13 Å². The van der Waals surface area contributed by atoms with Crippen molar-refractivity contribution in [1.82, 2.24) is 9.88 Å². The first-order valence-electron chi connectivity index (χ1n) is 11.1. The van der Waals surface area contributed by atoms with Gasteiger partial charge in [0, 0.05) is 24.4 Å². The van der Waals surface area contributed by atoms with E-state index in [-0.39, 0.29) is 5.91 Å². The predicted octanol–water partition coefficient (Wildman–Crippen LogP) is 6.16. The first kappa shape index (κ1) is 23.8. The van der Waals surface area contributed by atoms with Gasteiger partial charge in [-0.1, -0.05) is 55.5 Å². The number of amides is 1. The fraction of sp³-hybridized carbons (Fsp3) is 0.440. The van der Waals surface area contributed by atoms with Crippen molar-refractivity contribution in [1.29, 1.82) is 0 Å². The van der Waals surface area contributed by atoms with E-state index in [4.69, 9.17) is 4.98 Å². The largest absolute Gasteiger partial charge is 0.302 e. The lowest BCUT2D eigenvalue weighted by Gasteiger charge is -2.24. The van der Waals surface area contributed by atoms with Gasteiger partial charge in [0.25, 0.3) is 0 Å². The van der Waals surface area contributed by atoms with Crippen LogP contribution in [0.2, 0.25) is 0 Å². The van der Waals surface area contributed by atoms with Gasteiger partial charge in [0.2, 0.25) is 5.91 Å². The van der Waals surface area contributed by atoms with Crippen molar-refractivity contribution in [2.45, 2.75) is 45.4 Å². The molecule has 0 N–H and O–H groups in total. The zero-order valence-corrected chi connectivity index (χ0v) is 20.7. The van der Waals surface area contributed by atoms with Crippen molar-refractivity contribution < 1.29 is 4.79 Å². The third-order valence-electron chi connectivity index (χ3n) is 5.54. The molecule has 3 aromatic rings. The van der Waals surface area contributed by atoms with Crippen LogP contribution in [-0.4, -0.2) is 47.7 Å². The minimum atomic E-state index is 0.176. The molecule has 31 heavy (non-hydrogen) atoms. The quantitative estimate of drug-likeness (QED) is 0.256. The predicted molar refractivity (Wildman–Crippen MR) is 136 cm³/mol. The lowest BCUT2D eigenvalue weighted by atomic mass is 10.1. The zero-order chi connectivity index (χ0) is 22.2. The molecule has 1 aromatic heterocycles. The van der Waals surface area contributed by atoms with Crippen LogP contribution in [-0.2, 0) is 4.79 Å². The van der Waals surface area contributed by atoms with E-state index >= 15 is 0 Å². The number of rotatable bonds is 11. The number of hydrogen-bond donors (Lipinski definition) is 0. The number of carbonyl (C=O) groups is 1. The number of thiazole rings is 1. The van der Waals surface area contributed by atoms with Gasteiger partial charge in [-0.2, -0.15) is 0 Å². The number of likely N-dealkylation sites (N-methyl/N-ethyl adjacent to an activating group) is 1. The molecule has 0 aliphatic rings. The van der Waals surface area contributed by atoms with E-state index in [2.05, 4.69) is 69.0 Å². The standard InChI is InChI=1S/C25H33N3OS2/c1-5-27(6-2)16-17-28(22(29)13-10-18-30-21-11-8-7-9-12-21)25-26-23-19(3)14-15-20(4)24(23)31-25/h7-9,11-12,14-15H,5-6,10,13,16-18H2,1-4H3. The Morgan fingerprint density at radius 2 is 1.71 bits per heavy atom. The molecule has 4 nitrogen and oxygen atoms in total. The molecular formula is C25H33N3OS2. The molecule has 0 spiro atoms. The Balaban J connectivity index is 1.72. The van der Waals surface area contributed by atoms with Crippen molar-refractivity contribution >= 4 is 44.4 Å². The number of hydrogen-bond acceptors (Lipinski definition) is 5. The number of nitrogens with zero attached hydrogens (tertiary/aromatic N) is 3. The van der Waals surface area contributed by atoms with Crippen LogP contribution in [0.15, 0.2) is 47.4 Å². The SMILES string of the molecule is CCN(CC)CCN(C(=O)CCCSc1ccccc1)c1nc2c(C)ccc(C)c2s1. The van der Waals surface area contributed by atoms with Crippen LogP contribution in [0.5, 0.6) is 0 Å². The fourth-order valence-corrected chi connectivity index (χ4v) is 5.57. The summed E-state index contributed by atoms with van der Waals surface area (Å²) >= 11 is 3.46. The molecule has 0 atom stereocenters. The molecule has 0 saturated carbocycles. The molecule has 0 saturated heterocycles. The third kappa shape index (κ3) is 6.31. The molecule has 0 fully saturated rings. The van der Waals surface area contributed by atoms with Crippen LogP contribution in [0.4, 0.5) is 5.13 Å². The van der Waals surface area contributed by atoms with Crippen molar-refractivity contribution in [2.75, 3.05) is 36.8 Å². The highest BCUT2D eigenvalue weighted by atomic mass is 32.2. The number of aryl methyl sites for hydroxylation is 2. The van der Waals surface area contributed by atoms with Gasteiger partial charge in [-0.25, -0.2) is 4.98 Å². The number of aromatic nitrogens is 1. The van der Waals surface area contributed by atoms with Crippen molar-refractivity contribution in [3.05, 3.63) is 53.6 Å². The van der Waals surface area contributed by atoms with E-state index < -0.39 is 0 Å². The number of benzene rings is 2. The van der Waals surface area contributed by atoms with Crippen LogP contribution in [0, 0.1) is 13.8 Å². The van der Waals surface area contributed by atoms with Crippen molar-refractivity contribution in [3.8, 4) is 0 Å².